The van der Waals surface area contributed by atoms with E-state index in [0.29, 0.717) is 5.57 Å². The smallest absolute Gasteiger partial charge is 0.146 e. The van der Waals surface area contributed by atoms with Crippen molar-refractivity contribution in [2.45, 2.75) is 40.0 Å². The number of hydrogen-bond acceptors (Lipinski definition) is 3. The van der Waals surface area contributed by atoms with Crippen LogP contribution in [0.4, 0.5) is 0 Å². The van der Waals surface area contributed by atoms with Gasteiger partial charge in [-0.05, 0) is 35.2 Å². The zero-order valence-electron chi connectivity index (χ0n) is 11.9. The van der Waals surface area contributed by atoms with E-state index in [1.54, 1.807) is 6.08 Å². The zero-order valence-corrected chi connectivity index (χ0v) is 11.9. The average molecular weight is 262 g/mol. The largest absolute Gasteiger partial charge is 0.303 e. The van der Waals surface area contributed by atoms with Gasteiger partial charge in [0, 0.05) is 11.8 Å². The molecule has 19 heavy (non-hydrogen) atoms. The number of fused-ring (bicyclic) bond motifs is 1. The average Bonchev–Trinajstić information content (AvgIpc) is 2.35. The zero-order chi connectivity index (χ0) is 14.3. The molecule has 0 bridgehead atoms. The first-order valence-corrected chi connectivity index (χ1v) is 6.98. The summed E-state index contributed by atoms with van der Waals surface area (Å²) < 4.78 is 0. The molecule has 0 N–H and O–H groups in total. The van der Waals surface area contributed by atoms with Crippen LogP contribution in [0.5, 0.6) is 0 Å². The highest BCUT2D eigenvalue weighted by atomic mass is 16.1. The lowest BCUT2D eigenvalue weighted by molar-refractivity contribution is -0.131. The van der Waals surface area contributed by atoms with Crippen molar-refractivity contribution in [1.82, 2.24) is 0 Å². The predicted octanol–water partition coefficient (Wildman–Crippen LogP) is 2.59. The Morgan fingerprint density at radius 2 is 1.79 bits per heavy atom. The van der Waals surface area contributed by atoms with E-state index >= 15 is 0 Å². The maximum absolute atomic E-state index is 11.5. The summed E-state index contributed by atoms with van der Waals surface area (Å²) in [5.74, 6) is -0.493. The normalized spacial score (nSPS) is 40.8. The molecule has 4 atom stereocenters. The first-order valence-electron chi connectivity index (χ1n) is 6.98. The third kappa shape index (κ3) is 1.99. The van der Waals surface area contributed by atoms with Crippen LogP contribution in [-0.4, -0.2) is 18.9 Å². The Hall–Kier alpha value is -1.25. The molecule has 1 saturated carbocycles. The molecule has 0 radical (unpaired) electrons. The summed E-state index contributed by atoms with van der Waals surface area (Å²) in [7, 11) is 0. The number of carbonyl (C=O) groups excluding carboxylic acids is 3. The third-order valence-corrected chi connectivity index (χ3v) is 5.36. The Bertz CT molecular complexity index is 435. The summed E-state index contributed by atoms with van der Waals surface area (Å²) in [5, 5.41) is 0. The van der Waals surface area contributed by atoms with Crippen molar-refractivity contribution in [2.75, 3.05) is 0 Å². The first kappa shape index (κ1) is 14.2. The van der Waals surface area contributed by atoms with Gasteiger partial charge >= 0.3 is 0 Å². The highest BCUT2D eigenvalue weighted by Gasteiger charge is 2.55. The molecule has 0 aromatic heterocycles. The molecule has 2 aliphatic rings. The fourth-order valence-electron chi connectivity index (χ4n) is 4.71. The molecule has 0 unspecified atom stereocenters. The van der Waals surface area contributed by atoms with Gasteiger partial charge in [-0.25, -0.2) is 0 Å². The van der Waals surface area contributed by atoms with Gasteiger partial charge in [-0.1, -0.05) is 33.3 Å². The van der Waals surface area contributed by atoms with E-state index in [1.165, 1.54) is 0 Å². The molecule has 0 aliphatic heterocycles. The van der Waals surface area contributed by atoms with Crippen LogP contribution < -0.4 is 0 Å². The molecular weight excluding hydrogens is 240 g/mol. The van der Waals surface area contributed by atoms with Gasteiger partial charge in [-0.3, -0.25) is 4.79 Å². The van der Waals surface area contributed by atoms with Crippen LogP contribution in [0, 0.1) is 28.6 Å². The van der Waals surface area contributed by atoms with Crippen LogP contribution in [0.15, 0.2) is 11.6 Å². The van der Waals surface area contributed by atoms with Gasteiger partial charge in [0.2, 0.25) is 0 Å². The Labute approximate surface area is 114 Å². The van der Waals surface area contributed by atoms with Crippen molar-refractivity contribution in [3.8, 4) is 0 Å². The van der Waals surface area contributed by atoms with E-state index in [-0.39, 0.29) is 28.6 Å². The maximum Gasteiger partial charge on any atom is 0.146 e. The first-order chi connectivity index (χ1) is 8.90. The summed E-state index contributed by atoms with van der Waals surface area (Å²) in [6.07, 6.45) is 7.32. The van der Waals surface area contributed by atoms with E-state index in [0.717, 1.165) is 38.1 Å². The van der Waals surface area contributed by atoms with Gasteiger partial charge in [0.15, 0.2) is 0 Å². The van der Waals surface area contributed by atoms with Crippen molar-refractivity contribution >= 4 is 18.9 Å². The minimum Gasteiger partial charge on any atom is -0.303 e. The Kier molecular flexibility index (Phi) is 3.50. The minimum atomic E-state index is -0.370. The summed E-state index contributed by atoms with van der Waals surface area (Å²) >= 11 is 0. The van der Waals surface area contributed by atoms with Gasteiger partial charge in [0.05, 0.1) is 0 Å². The number of aldehydes is 3. The summed E-state index contributed by atoms with van der Waals surface area (Å²) in [6.45, 7) is 6.42. The molecule has 2 aliphatic carbocycles. The molecule has 0 amide bonds. The van der Waals surface area contributed by atoms with E-state index in [4.69, 9.17) is 0 Å². The number of allylic oxidation sites excluding steroid dienone is 2. The Morgan fingerprint density at radius 3 is 2.32 bits per heavy atom. The summed E-state index contributed by atoms with van der Waals surface area (Å²) in [6, 6.07) is 0. The van der Waals surface area contributed by atoms with Crippen molar-refractivity contribution in [1.29, 1.82) is 0 Å². The van der Waals surface area contributed by atoms with Crippen LogP contribution >= 0.6 is 0 Å². The topological polar surface area (TPSA) is 51.2 Å². The van der Waals surface area contributed by atoms with Gasteiger partial charge < -0.3 is 9.59 Å². The number of hydrogen-bond donors (Lipinski definition) is 0. The van der Waals surface area contributed by atoms with Crippen LogP contribution in [-0.2, 0) is 14.4 Å². The highest BCUT2D eigenvalue weighted by Crippen LogP contribution is 2.60. The van der Waals surface area contributed by atoms with E-state index < -0.39 is 0 Å². The minimum absolute atomic E-state index is 0.0186. The van der Waals surface area contributed by atoms with Gasteiger partial charge in [0.1, 0.15) is 18.9 Å². The Morgan fingerprint density at radius 1 is 1.11 bits per heavy atom. The molecule has 0 heterocycles. The van der Waals surface area contributed by atoms with Crippen LogP contribution in [0.25, 0.3) is 0 Å². The number of rotatable bonds is 3. The lowest BCUT2D eigenvalue weighted by Gasteiger charge is -2.57. The van der Waals surface area contributed by atoms with Gasteiger partial charge in [0.25, 0.3) is 0 Å². The summed E-state index contributed by atoms with van der Waals surface area (Å²) in [4.78, 5) is 34.2. The molecule has 0 saturated heterocycles. The maximum atomic E-state index is 11.5. The fraction of sp³-hybridized carbons (Fsp3) is 0.688. The van der Waals surface area contributed by atoms with E-state index in [1.807, 2.05) is 0 Å². The van der Waals surface area contributed by atoms with Crippen LogP contribution in [0.2, 0.25) is 0 Å². The highest BCUT2D eigenvalue weighted by molar-refractivity contribution is 5.84. The van der Waals surface area contributed by atoms with Gasteiger partial charge in [-0.2, -0.15) is 0 Å². The molecule has 2 rings (SSSR count). The van der Waals surface area contributed by atoms with Crippen molar-refractivity contribution in [3.05, 3.63) is 11.6 Å². The van der Waals surface area contributed by atoms with Crippen LogP contribution in [0.1, 0.15) is 40.0 Å². The third-order valence-electron chi connectivity index (χ3n) is 5.36. The second-order valence-electron chi connectivity index (χ2n) is 6.94. The number of carbonyl (C=O) groups is 3. The van der Waals surface area contributed by atoms with Crippen molar-refractivity contribution in [2.24, 2.45) is 28.6 Å². The van der Waals surface area contributed by atoms with Crippen LogP contribution in [0.3, 0.4) is 0 Å². The lowest BCUT2D eigenvalue weighted by Crippen LogP contribution is -2.53. The van der Waals surface area contributed by atoms with Gasteiger partial charge in [-0.15, -0.1) is 0 Å². The molecule has 1 fully saturated rings. The summed E-state index contributed by atoms with van der Waals surface area (Å²) in [5.41, 5.74) is 0.230. The molecule has 3 nitrogen and oxygen atoms in total. The fourth-order valence-corrected chi connectivity index (χ4v) is 4.71. The molecular formula is C16H22O3. The Balaban J connectivity index is 2.59. The van der Waals surface area contributed by atoms with Crippen molar-refractivity contribution < 1.29 is 14.4 Å². The van der Waals surface area contributed by atoms with Crippen molar-refractivity contribution in [3.63, 3.8) is 0 Å². The molecule has 0 aromatic carbocycles. The molecule has 0 aromatic rings. The SMILES string of the molecule is CC1(C)CCC[C@]2(C)[C@@H](C=O)C(C=O)=C[C@@H](C=O)[C@@H]12. The molecule has 3 heteroatoms. The standard InChI is InChI=1S/C16H22O3/c1-15(2)5-4-6-16(3)13(10-19)11(8-17)7-12(9-18)14(15)16/h7-10,12-14H,4-6H2,1-3H3/t12-,13-,14-,16+/m0/s1. The quantitative estimate of drug-likeness (QED) is 0.735. The van der Waals surface area contributed by atoms with E-state index in [2.05, 4.69) is 20.8 Å². The van der Waals surface area contributed by atoms with E-state index in [9.17, 15) is 14.4 Å². The molecule has 0 spiro atoms. The monoisotopic (exact) mass is 262 g/mol. The second-order valence-corrected chi connectivity index (χ2v) is 6.94. The second kappa shape index (κ2) is 4.69. The lowest BCUT2D eigenvalue weighted by atomic mass is 9.46. The predicted molar refractivity (Wildman–Crippen MR) is 72.5 cm³/mol. The molecule has 104 valence electrons.